The predicted molar refractivity (Wildman–Crippen MR) is 47.1 cm³/mol. The minimum absolute atomic E-state index is 0.0670. The number of fused-ring (bicyclic) bond motifs is 1. The van der Waals surface area contributed by atoms with Crippen LogP contribution in [0.4, 0.5) is 0 Å². The van der Waals surface area contributed by atoms with Crippen LogP contribution in [-0.4, -0.2) is 10.4 Å². The lowest BCUT2D eigenvalue weighted by Gasteiger charge is -2.12. The molecule has 1 unspecified atom stereocenters. The number of hydrogen-bond acceptors (Lipinski definition) is 3. The Bertz CT molecular complexity index is 296. The summed E-state index contributed by atoms with van der Waals surface area (Å²) in [7, 11) is 0. The number of nitrogens with zero attached hydrogens (tertiary/aromatic N) is 1. The van der Waals surface area contributed by atoms with E-state index in [0.29, 0.717) is 0 Å². The van der Waals surface area contributed by atoms with E-state index in [9.17, 15) is 0 Å². The Morgan fingerprint density at radius 2 is 2.45 bits per heavy atom. The molecule has 0 radical (unpaired) electrons. The Hall–Kier alpha value is -0.800. The molecule has 0 amide bonds. The standard InChI is InChI=1S/C8H8N2S/c9-7-4-3-6-2-1-5-10-8(6)11-7/h1-5,7H,9H2. The molecule has 2 nitrogen and oxygen atoms in total. The van der Waals surface area contributed by atoms with Gasteiger partial charge in [0.15, 0.2) is 0 Å². The van der Waals surface area contributed by atoms with E-state index in [1.165, 1.54) is 5.56 Å². The summed E-state index contributed by atoms with van der Waals surface area (Å²) in [6.07, 6.45) is 5.79. The van der Waals surface area contributed by atoms with Crippen LogP contribution >= 0.6 is 11.8 Å². The zero-order valence-electron chi connectivity index (χ0n) is 5.90. The van der Waals surface area contributed by atoms with E-state index in [1.54, 1.807) is 18.0 Å². The molecule has 0 bridgehead atoms. The molecule has 1 aromatic rings. The van der Waals surface area contributed by atoms with Gasteiger partial charge in [0.1, 0.15) is 5.03 Å². The molecule has 0 aromatic carbocycles. The van der Waals surface area contributed by atoms with Gasteiger partial charge in [0.2, 0.25) is 0 Å². The topological polar surface area (TPSA) is 38.9 Å². The van der Waals surface area contributed by atoms with Crippen LogP contribution in [0.2, 0.25) is 0 Å². The maximum atomic E-state index is 5.69. The van der Waals surface area contributed by atoms with Crippen LogP contribution in [-0.2, 0) is 0 Å². The average Bonchev–Trinajstić information content (AvgIpc) is 2.04. The zero-order valence-corrected chi connectivity index (χ0v) is 6.71. The monoisotopic (exact) mass is 164 g/mol. The van der Waals surface area contributed by atoms with Crippen molar-refractivity contribution in [3.05, 3.63) is 30.0 Å². The van der Waals surface area contributed by atoms with Gasteiger partial charge < -0.3 is 5.73 Å². The van der Waals surface area contributed by atoms with Gasteiger partial charge >= 0.3 is 0 Å². The van der Waals surface area contributed by atoms with Crippen molar-refractivity contribution in [1.82, 2.24) is 4.98 Å². The van der Waals surface area contributed by atoms with E-state index >= 15 is 0 Å². The second kappa shape index (κ2) is 2.68. The molecule has 2 rings (SSSR count). The molecule has 11 heavy (non-hydrogen) atoms. The van der Waals surface area contributed by atoms with Crippen molar-refractivity contribution in [2.75, 3.05) is 0 Å². The average molecular weight is 164 g/mol. The quantitative estimate of drug-likeness (QED) is 0.631. The SMILES string of the molecule is NC1C=Cc2cccnc2S1. The zero-order chi connectivity index (χ0) is 7.68. The summed E-state index contributed by atoms with van der Waals surface area (Å²) in [4.78, 5) is 4.20. The first-order valence-electron chi connectivity index (χ1n) is 3.42. The van der Waals surface area contributed by atoms with Crippen LogP contribution in [0, 0.1) is 0 Å². The van der Waals surface area contributed by atoms with Crippen molar-refractivity contribution < 1.29 is 0 Å². The molecular weight excluding hydrogens is 156 g/mol. The first-order chi connectivity index (χ1) is 5.36. The van der Waals surface area contributed by atoms with Gasteiger partial charge in [-0.2, -0.15) is 0 Å². The number of nitrogens with two attached hydrogens (primary N) is 1. The van der Waals surface area contributed by atoms with E-state index in [4.69, 9.17) is 5.73 Å². The summed E-state index contributed by atoms with van der Waals surface area (Å²) in [5.74, 6) is 0. The highest BCUT2D eigenvalue weighted by atomic mass is 32.2. The van der Waals surface area contributed by atoms with E-state index in [1.807, 2.05) is 24.3 Å². The van der Waals surface area contributed by atoms with Crippen molar-refractivity contribution in [2.45, 2.75) is 10.4 Å². The highest BCUT2D eigenvalue weighted by Crippen LogP contribution is 2.28. The van der Waals surface area contributed by atoms with Crippen molar-refractivity contribution in [3.63, 3.8) is 0 Å². The van der Waals surface area contributed by atoms with E-state index < -0.39 is 0 Å². The summed E-state index contributed by atoms with van der Waals surface area (Å²) in [6.45, 7) is 0. The van der Waals surface area contributed by atoms with Gasteiger partial charge in [-0.15, -0.1) is 0 Å². The molecule has 0 spiro atoms. The molecule has 0 aliphatic carbocycles. The molecule has 0 saturated carbocycles. The van der Waals surface area contributed by atoms with Gasteiger partial charge in [-0.3, -0.25) is 0 Å². The smallest absolute Gasteiger partial charge is 0.105 e. The Morgan fingerprint density at radius 3 is 3.36 bits per heavy atom. The van der Waals surface area contributed by atoms with Crippen LogP contribution < -0.4 is 5.73 Å². The minimum atomic E-state index is 0.0670. The number of aromatic nitrogens is 1. The van der Waals surface area contributed by atoms with Gasteiger partial charge in [0.25, 0.3) is 0 Å². The predicted octanol–water partition coefficient (Wildman–Crippen LogP) is 1.49. The third-order valence-corrected chi connectivity index (χ3v) is 2.51. The molecular formula is C8H8N2S. The Labute approximate surface area is 69.5 Å². The molecule has 3 heteroatoms. The molecule has 1 atom stereocenters. The summed E-state index contributed by atoms with van der Waals surface area (Å²) in [5, 5.41) is 1.10. The molecule has 0 fully saturated rings. The lowest BCUT2D eigenvalue weighted by molar-refractivity contribution is 1.07. The number of pyridine rings is 1. The van der Waals surface area contributed by atoms with E-state index in [2.05, 4.69) is 4.98 Å². The fourth-order valence-corrected chi connectivity index (χ4v) is 1.80. The first kappa shape index (κ1) is 6.88. The normalized spacial score (nSPS) is 21.4. The van der Waals surface area contributed by atoms with E-state index in [-0.39, 0.29) is 5.37 Å². The summed E-state index contributed by atoms with van der Waals surface area (Å²) >= 11 is 1.59. The molecule has 1 aromatic heterocycles. The third-order valence-electron chi connectivity index (χ3n) is 1.51. The molecule has 0 saturated heterocycles. The highest BCUT2D eigenvalue weighted by molar-refractivity contribution is 8.00. The number of thioether (sulfide) groups is 1. The van der Waals surface area contributed by atoms with Crippen LogP contribution in [0.1, 0.15) is 5.56 Å². The van der Waals surface area contributed by atoms with Crippen LogP contribution in [0.15, 0.2) is 29.4 Å². The fraction of sp³-hybridized carbons (Fsp3) is 0.125. The maximum absolute atomic E-state index is 5.69. The van der Waals surface area contributed by atoms with Gasteiger partial charge in [-0.1, -0.05) is 30.0 Å². The third kappa shape index (κ3) is 1.29. The van der Waals surface area contributed by atoms with Crippen molar-refractivity contribution in [2.24, 2.45) is 5.73 Å². The Kier molecular flexibility index (Phi) is 1.68. The second-order valence-electron chi connectivity index (χ2n) is 2.34. The van der Waals surface area contributed by atoms with Gasteiger partial charge in [-0.05, 0) is 6.07 Å². The summed E-state index contributed by atoms with van der Waals surface area (Å²) < 4.78 is 0. The minimum Gasteiger partial charge on any atom is -0.316 e. The van der Waals surface area contributed by atoms with Crippen molar-refractivity contribution in [3.8, 4) is 0 Å². The molecule has 2 heterocycles. The second-order valence-corrected chi connectivity index (χ2v) is 3.51. The van der Waals surface area contributed by atoms with Crippen LogP contribution in [0.3, 0.4) is 0 Å². The lowest BCUT2D eigenvalue weighted by Crippen LogP contribution is -2.14. The number of rotatable bonds is 0. The fourth-order valence-electron chi connectivity index (χ4n) is 0.995. The van der Waals surface area contributed by atoms with Gasteiger partial charge in [-0.25, -0.2) is 4.98 Å². The molecule has 1 aliphatic rings. The molecule has 56 valence electrons. The number of hydrogen-bond donors (Lipinski definition) is 1. The van der Waals surface area contributed by atoms with Gasteiger partial charge in [0, 0.05) is 11.8 Å². The lowest BCUT2D eigenvalue weighted by atomic mass is 10.2. The Balaban J connectivity index is 2.46. The van der Waals surface area contributed by atoms with Crippen LogP contribution in [0.25, 0.3) is 6.08 Å². The Morgan fingerprint density at radius 1 is 1.55 bits per heavy atom. The molecule has 1 aliphatic heterocycles. The summed E-state index contributed by atoms with van der Waals surface area (Å²) in [5.41, 5.74) is 6.85. The largest absolute Gasteiger partial charge is 0.316 e. The molecule has 2 N–H and O–H groups in total. The van der Waals surface area contributed by atoms with Gasteiger partial charge in [0.05, 0.1) is 5.37 Å². The summed E-state index contributed by atoms with van der Waals surface area (Å²) in [6, 6.07) is 3.97. The van der Waals surface area contributed by atoms with Crippen LogP contribution in [0.5, 0.6) is 0 Å². The highest BCUT2D eigenvalue weighted by Gasteiger charge is 2.10. The van der Waals surface area contributed by atoms with Crippen molar-refractivity contribution in [1.29, 1.82) is 0 Å². The first-order valence-corrected chi connectivity index (χ1v) is 4.30. The van der Waals surface area contributed by atoms with Crippen molar-refractivity contribution >= 4 is 17.8 Å². The maximum Gasteiger partial charge on any atom is 0.105 e. The van der Waals surface area contributed by atoms with E-state index in [0.717, 1.165) is 5.03 Å².